The van der Waals surface area contributed by atoms with Crippen LogP contribution in [0.4, 0.5) is 5.82 Å². The van der Waals surface area contributed by atoms with E-state index in [-0.39, 0.29) is 30.4 Å². The van der Waals surface area contributed by atoms with Gasteiger partial charge in [0.1, 0.15) is 0 Å². The van der Waals surface area contributed by atoms with E-state index in [1.165, 1.54) is 0 Å². The number of anilines is 1. The van der Waals surface area contributed by atoms with Gasteiger partial charge in [-0.25, -0.2) is 17.8 Å². The highest BCUT2D eigenvalue weighted by atomic mass is 32.2. The van der Waals surface area contributed by atoms with Gasteiger partial charge in [-0.05, 0) is 10.3 Å². The summed E-state index contributed by atoms with van der Waals surface area (Å²) in [5, 5.41) is 16.8. The number of nitrogens with one attached hydrogen (secondary N) is 3. The fraction of sp³-hybridized carbons (Fsp3) is 0.500. The molecule has 1 aromatic heterocycles. The third kappa shape index (κ3) is 3.82. The minimum absolute atomic E-state index is 0.00794. The molecule has 1 aromatic rings. The first-order valence-electron chi connectivity index (χ1n) is 4.25. The van der Waals surface area contributed by atoms with Crippen LogP contribution in [0.1, 0.15) is 5.69 Å². The summed E-state index contributed by atoms with van der Waals surface area (Å²) in [7, 11) is -3.22. The van der Waals surface area contributed by atoms with Crippen LogP contribution in [0.5, 0.6) is 0 Å². The van der Waals surface area contributed by atoms with Crippen molar-refractivity contribution < 1.29 is 13.0 Å². The second-order valence-corrected chi connectivity index (χ2v) is 4.80. The second-order valence-electron chi connectivity index (χ2n) is 2.97. The molecule has 0 saturated heterocycles. The van der Waals surface area contributed by atoms with E-state index in [9.17, 15) is 8.42 Å². The van der Waals surface area contributed by atoms with Gasteiger partial charge in [0.2, 0.25) is 10.0 Å². The summed E-state index contributed by atoms with van der Waals surface area (Å²) in [6.45, 7) is 0.393. The zero-order valence-corrected chi connectivity index (χ0v) is 9.34. The van der Waals surface area contributed by atoms with Crippen molar-refractivity contribution in [1.29, 1.82) is 5.41 Å². The third-order valence-corrected chi connectivity index (χ3v) is 2.27. The molecule has 0 aliphatic carbocycles. The zero-order valence-electron chi connectivity index (χ0n) is 8.52. The second kappa shape index (κ2) is 4.90. The molecule has 0 unspecified atom stereocenters. The molecule has 10 heteroatoms. The molecular weight excluding hydrogens is 236 g/mol. The molecule has 0 amide bonds. The SMILES string of the molecule is CS(=O)(=O)NCCNC(=N)c1nonc1N. The molecule has 1 rings (SSSR count). The van der Waals surface area contributed by atoms with E-state index in [1.54, 1.807) is 0 Å². The van der Waals surface area contributed by atoms with Gasteiger partial charge in [-0.2, -0.15) is 0 Å². The first-order valence-corrected chi connectivity index (χ1v) is 6.15. The lowest BCUT2D eigenvalue weighted by Gasteiger charge is -2.05. The van der Waals surface area contributed by atoms with Crippen LogP contribution >= 0.6 is 0 Å². The van der Waals surface area contributed by atoms with E-state index in [2.05, 4.69) is 25.0 Å². The topological polar surface area (TPSA) is 147 Å². The van der Waals surface area contributed by atoms with E-state index >= 15 is 0 Å². The average Bonchev–Trinajstić information content (AvgIpc) is 2.57. The number of amidine groups is 1. The summed E-state index contributed by atoms with van der Waals surface area (Å²) in [6.07, 6.45) is 1.05. The number of aromatic nitrogens is 2. The van der Waals surface area contributed by atoms with Crippen LogP contribution in [0.15, 0.2) is 4.63 Å². The van der Waals surface area contributed by atoms with Gasteiger partial charge < -0.3 is 11.1 Å². The Kier molecular flexibility index (Phi) is 3.79. The molecule has 5 N–H and O–H groups in total. The van der Waals surface area contributed by atoms with Crippen molar-refractivity contribution in [3.05, 3.63) is 5.69 Å². The maximum Gasteiger partial charge on any atom is 0.208 e. The Hall–Kier alpha value is -1.68. The lowest BCUT2D eigenvalue weighted by molar-refractivity contribution is 0.308. The fourth-order valence-electron chi connectivity index (χ4n) is 0.877. The van der Waals surface area contributed by atoms with Crippen LogP contribution in [-0.2, 0) is 10.0 Å². The summed E-state index contributed by atoms with van der Waals surface area (Å²) < 4.78 is 28.0. The van der Waals surface area contributed by atoms with Gasteiger partial charge in [0.25, 0.3) is 0 Å². The Morgan fingerprint density at radius 3 is 2.69 bits per heavy atom. The summed E-state index contributed by atoms with van der Waals surface area (Å²) in [4.78, 5) is 0. The van der Waals surface area contributed by atoms with E-state index in [0.29, 0.717) is 0 Å². The van der Waals surface area contributed by atoms with Crippen molar-refractivity contribution in [3.63, 3.8) is 0 Å². The van der Waals surface area contributed by atoms with Gasteiger partial charge in [0, 0.05) is 13.1 Å². The Balaban J connectivity index is 2.35. The molecule has 1 heterocycles. The zero-order chi connectivity index (χ0) is 12.2. The van der Waals surface area contributed by atoms with Crippen molar-refractivity contribution in [2.45, 2.75) is 0 Å². The lowest BCUT2D eigenvalue weighted by Crippen LogP contribution is -2.34. The van der Waals surface area contributed by atoms with Gasteiger partial charge in [-0.15, -0.1) is 0 Å². The quantitative estimate of drug-likeness (QED) is 0.271. The minimum atomic E-state index is -3.22. The molecule has 0 spiro atoms. The van der Waals surface area contributed by atoms with Crippen LogP contribution in [0, 0.1) is 5.41 Å². The monoisotopic (exact) mass is 248 g/mol. The van der Waals surface area contributed by atoms with Crippen molar-refractivity contribution in [2.75, 3.05) is 25.1 Å². The van der Waals surface area contributed by atoms with Crippen LogP contribution in [0.3, 0.4) is 0 Å². The lowest BCUT2D eigenvalue weighted by atomic mass is 10.4. The molecule has 0 atom stereocenters. The maximum absolute atomic E-state index is 10.7. The summed E-state index contributed by atoms with van der Waals surface area (Å²) >= 11 is 0. The van der Waals surface area contributed by atoms with Crippen LogP contribution < -0.4 is 15.8 Å². The molecule has 16 heavy (non-hydrogen) atoms. The number of sulfonamides is 1. The molecule has 90 valence electrons. The van der Waals surface area contributed by atoms with Crippen LogP contribution in [0.25, 0.3) is 0 Å². The van der Waals surface area contributed by atoms with Crippen molar-refractivity contribution in [2.24, 2.45) is 0 Å². The average molecular weight is 248 g/mol. The predicted octanol–water partition coefficient (Wildman–Crippen LogP) is -1.88. The van der Waals surface area contributed by atoms with E-state index in [4.69, 9.17) is 11.1 Å². The number of nitrogens with zero attached hydrogens (tertiary/aromatic N) is 2. The normalized spacial score (nSPS) is 11.3. The Morgan fingerprint density at radius 2 is 2.19 bits per heavy atom. The van der Waals surface area contributed by atoms with Gasteiger partial charge >= 0.3 is 0 Å². The van der Waals surface area contributed by atoms with E-state index in [1.807, 2.05) is 0 Å². The first kappa shape index (κ1) is 12.4. The maximum atomic E-state index is 10.7. The number of hydrogen-bond acceptors (Lipinski definition) is 7. The number of rotatable bonds is 5. The number of hydrogen-bond donors (Lipinski definition) is 4. The van der Waals surface area contributed by atoms with Crippen LogP contribution in [0.2, 0.25) is 0 Å². The Morgan fingerprint density at radius 1 is 1.50 bits per heavy atom. The number of nitrogen functional groups attached to an aromatic ring is 1. The highest BCUT2D eigenvalue weighted by Crippen LogP contribution is 2.02. The standard InChI is InChI=1S/C6H12N6O3S/c1-16(13,14)10-3-2-9-5(7)4-6(8)12-15-11-4/h10H,2-3H2,1H3,(H2,7,9)(H2,8,12). The highest BCUT2D eigenvalue weighted by molar-refractivity contribution is 7.88. The van der Waals surface area contributed by atoms with Crippen molar-refractivity contribution in [3.8, 4) is 0 Å². The van der Waals surface area contributed by atoms with E-state index in [0.717, 1.165) is 6.26 Å². The largest absolute Gasteiger partial charge is 0.379 e. The third-order valence-electron chi connectivity index (χ3n) is 1.54. The molecular formula is C6H12N6O3S. The fourth-order valence-corrected chi connectivity index (χ4v) is 1.35. The van der Waals surface area contributed by atoms with Gasteiger partial charge in [-0.1, -0.05) is 0 Å². The van der Waals surface area contributed by atoms with Gasteiger partial charge in [-0.3, -0.25) is 5.41 Å². The molecule has 0 aliphatic heterocycles. The van der Waals surface area contributed by atoms with Crippen molar-refractivity contribution >= 4 is 21.7 Å². The summed E-state index contributed by atoms with van der Waals surface area (Å²) in [5.74, 6) is -0.0670. The van der Waals surface area contributed by atoms with Gasteiger partial charge in [0.15, 0.2) is 17.3 Å². The Bertz CT molecular complexity index is 466. The summed E-state index contributed by atoms with van der Waals surface area (Å²) in [5.41, 5.74) is 5.45. The summed E-state index contributed by atoms with van der Waals surface area (Å²) in [6, 6.07) is 0. The molecule has 0 fully saturated rings. The van der Waals surface area contributed by atoms with Crippen LogP contribution in [-0.4, -0.2) is 43.9 Å². The van der Waals surface area contributed by atoms with Gasteiger partial charge in [0.05, 0.1) is 6.26 Å². The predicted molar refractivity (Wildman–Crippen MR) is 56.4 cm³/mol. The molecule has 0 radical (unpaired) electrons. The molecule has 0 saturated carbocycles. The Labute approximate surface area is 91.9 Å². The van der Waals surface area contributed by atoms with Crippen molar-refractivity contribution in [1.82, 2.24) is 20.4 Å². The molecule has 0 aromatic carbocycles. The first-order chi connectivity index (χ1) is 7.40. The smallest absolute Gasteiger partial charge is 0.208 e. The minimum Gasteiger partial charge on any atom is -0.379 e. The number of nitrogens with two attached hydrogens (primary N) is 1. The van der Waals surface area contributed by atoms with E-state index < -0.39 is 10.0 Å². The molecule has 0 bridgehead atoms. The molecule has 0 aliphatic rings. The molecule has 9 nitrogen and oxygen atoms in total. The highest BCUT2D eigenvalue weighted by Gasteiger charge is 2.11.